The maximum Gasteiger partial charge on any atom is 0.407 e. The lowest BCUT2D eigenvalue weighted by Gasteiger charge is -2.34. The molecule has 2 aromatic heterocycles. The number of carbonyl (C=O) groups is 2. The van der Waals surface area contributed by atoms with Gasteiger partial charge in [-0.3, -0.25) is 9.63 Å². The van der Waals surface area contributed by atoms with Crippen molar-refractivity contribution in [2.75, 3.05) is 43.8 Å². The van der Waals surface area contributed by atoms with Crippen molar-refractivity contribution in [2.45, 2.75) is 52.2 Å². The Bertz CT molecular complexity index is 1440. The van der Waals surface area contributed by atoms with Crippen molar-refractivity contribution in [1.29, 1.82) is 5.26 Å². The molecule has 4 rings (SSSR count). The number of fused-ring (bicyclic) bond motifs is 1. The molecule has 2 amide bonds. The van der Waals surface area contributed by atoms with E-state index >= 15 is 0 Å². The summed E-state index contributed by atoms with van der Waals surface area (Å²) in [6.45, 7) is 8.85. The molecule has 41 heavy (non-hydrogen) atoms. The van der Waals surface area contributed by atoms with Crippen LogP contribution in [-0.2, 0) is 9.57 Å². The summed E-state index contributed by atoms with van der Waals surface area (Å²) in [5.41, 5.74) is 1.48. The van der Waals surface area contributed by atoms with Crippen molar-refractivity contribution in [1.82, 2.24) is 14.5 Å². The number of amides is 2. The zero-order chi connectivity index (χ0) is 29.7. The van der Waals surface area contributed by atoms with Crippen LogP contribution in [0.25, 0.3) is 5.52 Å². The van der Waals surface area contributed by atoms with Crippen LogP contribution in [0.5, 0.6) is 5.75 Å². The van der Waals surface area contributed by atoms with Gasteiger partial charge < -0.3 is 24.8 Å². The van der Waals surface area contributed by atoms with Crippen LogP contribution < -0.4 is 15.1 Å². The molecule has 1 aliphatic heterocycles. The van der Waals surface area contributed by atoms with Gasteiger partial charge in [0, 0.05) is 37.4 Å². The normalized spacial score (nSPS) is 15.4. The zero-order valence-electron chi connectivity index (χ0n) is 24.0. The first-order valence-corrected chi connectivity index (χ1v) is 13.4. The monoisotopic (exact) mass is 564 g/mol. The minimum atomic E-state index is -0.980. The van der Waals surface area contributed by atoms with E-state index in [2.05, 4.69) is 16.5 Å². The number of likely N-dealkylation sites (tertiary alicyclic amines) is 1. The minimum Gasteiger partial charge on any atom is -0.491 e. The molecule has 0 spiro atoms. The number of hydrogen-bond donors (Lipinski definition) is 2. The maximum absolute atomic E-state index is 14.0. The van der Waals surface area contributed by atoms with Crippen molar-refractivity contribution >= 4 is 29.0 Å². The van der Waals surface area contributed by atoms with E-state index < -0.39 is 17.6 Å². The Morgan fingerprint density at radius 1 is 1.22 bits per heavy atom. The molecule has 12 heteroatoms. The Morgan fingerprint density at radius 3 is 2.59 bits per heavy atom. The van der Waals surface area contributed by atoms with E-state index in [1.54, 1.807) is 50.6 Å². The Hall–Kier alpha value is -4.34. The first-order valence-electron chi connectivity index (χ1n) is 13.4. The summed E-state index contributed by atoms with van der Waals surface area (Å²) in [6, 6.07) is 10.5. The number of piperidine rings is 1. The minimum absolute atomic E-state index is 0.220. The lowest BCUT2D eigenvalue weighted by atomic mass is 10.0. The van der Waals surface area contributed by atoms with E-state index in [1.807, 2.05) is 20.8 Å². The van der Waals surface area contributed by atoms with Gasteiger partial charge in [-0.15, -0.1) is 0 Å². The highest BCUT2D eigenvalue weighted by Crippen LogP contribution is 2.36. The van der Waals surface area contributed by atoms with Crippen molar-refractivity contribution in [2.24, 2.45) is 0 Å². The fourth-order valence-electron chi connectivity index (χ4n) is 4.76. The van der Waals surface area contributed by atoms with Crippen LogP contribution in [0.1, 0.15) is 55.1 Å². The van der Waals surface area contributed by atoms with Crippen LogP contribution in [0, 0.1) is 18.3 Å². The Kier molecular flexibility index (Phi) is 9.00. The highest BCUT2D eigenvalue weighted by Gasteiger charge is 2.32. The molecule has 0 radical (unpaired) electrons. The molecule has 1 fully saturated rings. The number of carboxylic acid groups (broad SMARTS) is 1. The van der Waals surface area contributed by atoms with Crippen LogP contribution in [0.3, 0.4) is 0 Å². The Labute approximate surface area is 239 Å². The molecule has 3 heterocycles. The van der Waals surface area contributed by atoms with Gasteiger partial charge in [-0.2, -0.15) is 15.4 Å². The molecule has 0 unspecified atom stereocenters. The zero-order valence-corrected chi connectivity index (χ0v) is 24.0. The van der Waals surface area contributed by atoms with Gasteiger partial charge in [0.15, 0.2) is 5.82 Å². The molecule has 0 saturated carbocycles. The maximum atomic E-state index is 14.0. The number of ether oxygens (including phenoxy) is 2. The molecule has 0 bridgehead atoms. The molecule has 0 aliphatic carbocycles. The largest absolute Gasteiger partial charge is 0.491 e. The summed E-state index contributed by atoms with van der Waals surface area (Å²) < 4.78 is 12.2. The number of anilines is 2. The molecule has 1 saturated heterocycles. The van der Waals surface area contributed by atoms with Crippen molar-refractivity contribution in [3.05, 3.63) is 53.2 Å². The smallest absolute Gasteiger partial charge is 0.407 e. The summed E-state index contributed by atoms with van der Waals surface area (Å²) in [5, 5.41) is 28.8. The summed E-state index contributed by atoms with van der Waals surface area (Å²) in [7, 11) is 1.59. The molecule has 3 aromatic rings. The summed E-state index contributed by atoms with van der Waals surface area (Å²) in [6.07, 6.45) is 2.00. The Balaban J connectivity index is 1.78. The number of aromatic nitrogens is 2. The van der Waals surface area contributed by atoms with Gasteiger partial charge in [0.25, 0.3) is 5.91 Å². The number of nitriles is 1. The SMILES string of the molecule is COCCOc1ccc(C(=O)N(OC(C)(C)C)c2c(C)c(N[C@H]3CCCN(C(=O)O)C3)c(C#N)c3ccnn23)cc1. The number of pyridine rings is 1. The van der Waals surface area contributed by atoms with Gasteiger partial charge in [-0.05, 0) is 70.9 Å². The first kappa shape index (κ1) is 29.6. The molecule has 1 aromatic carbocycles. The van der Waals surface area contributed by atoms with Crippen molar-refractivity contribution < 1.29 is 29.0 Å². The highest BCUT2D eigenvalue weighted by molar-refractivity contribution is 6.05. The highest BCUT2D eigenvalue weighted by atomic mass is 16.7. The second-order valence-electron chi connectivity index (χ2n) is 10.8. The summed E-state index contributed by atoms with van der Waals surface area (Å²) in [5.74, 6) is 0.492. The third kappa shape index (κ3) is 6.70. The van der Waals surface area contributed by atoms with Crippen LogP contribution in [0.2, 0.25) is 0 Å². The average Bonchev–Trinajstić information content (AvgIpc) is 3.41. The lowest BCUT2D eigenvalue weighted by molar-refractivity contribution is -0.0172. The summed E-state index contributed by atoms with van der Waals surface area (Å²) >= 11 is 0. The number of rotatable bonds is 9. The quantitative estimate of drug-likeness (QED) is 0.284. The standard InChI is InChI=1S/C29H36N6O6/c1-19-25(32-21-7-6-14-33(18-21)28(37)38)23(17-30)24-12-13-31-34(24)26(19)35(41-29(2,3)4)27(36)20-8-10-22(11-9-20)40-16-15-39-5/h8-13,21,32H,6-7,14-16,18H2,1-5H3,(H,37,38)/t21-/m0/s1. The Morgan fingerprint density at radius 2 is 1.95 bits per heavy atom. The molecule has 12 nitrogen and oxygen atoms in total. The van der Waals surface area contributed by atoms with Crippen LogP contribution in [0.4, 0.5) is 16.3 Å². The third-order valence-corrected chi connectivity index (χ3v) is 6.61. The fourth-order valence-corrected chi connectivity index (χ4v) is 4.76. The van der Waals surface area contributed by atoms with Gasteiger partial charge in [0.1, 0.15) is 24.0 Å². The van der Waals surface area contributed by atoms with Gasteiger partial charge in [-0.25, -0.2) is 9.31 Å². The number of benzene rings is 1. The molecular formula is C29H36N6O6. The van der Waals surface area contributed by atoms with Gasteiger partial charge in [-0.1, -0.05) is 0 Å². The van der Waals surface area contributed by atoms with E-state index in [0.717, 1.165) is 6.42 Å². The van der Waals surface area contributed by atoms with Gasteiger partial charge in [0.05, 0.1) is 29.6 Å². The van der Waals surface area contributed by atoms with Crippen molar-refractivity contribution in [3.63, 3.8) is 0 Å². The molecule has 2 N–H and O–H groups in total. The van der Waals surface area contributed by atoms with Gasteiger partial charge >= 0.3 is 6.09 Å². The topological polar surface area (TPSA) is 142 Å². The van der Waals surface area contributed by atoms with E-state index in [-0.39, 0.29) is 12.6 Å². The number of hydrogen-bond acceptors (Lipinski definition) is 8. The number of nitrogens with zero attached hydrogens (tertiary/aromatic N) is 5. The number of nitrogens with one attached hydrogen (secondary N) is 1. The second kappa shape index (κ2) is 12.4. The number of methoxy groups -OCH3 is 1. The average molecular weight is 565 g/mol. The first-order chi connectivity index (χ1) is 19.5. The van der Waals surface area contributed by atoms with Gasteiger partial charge in [0.2, 0.25) is 0 Å². The molecule has 218 valence electrons. The lowest BCUT2D eigenvalue weighted by Crippen LogP contribution is -2.45. The molecular weight excluding hydrogens is 528 g/mol. The fraction of sp³-hybridized carbons (Fsp3) is 0.448. The van der Waals surface area contributed by atoms with E-state index in [1.165, 1.54) is 14.5 Å². The predicted octanol–water partition coefficient (Wildman–Crippen LogP) is 4.47. The van der Waals surface area contributed by atoms with Crippen LogP contribution in [0.15, 0.2) is 36.5 Å². The number of carbonyl (C=O) groups excluding carboxylic acids is 1. The van der Waals surface area contributed by atoms with E-state index in [9.17, 15) is 20.0 Å². The van der Waals surface area contributed by atoms with Crippen molar-refractivity contribution in [3.8, 4) is 11.8 Å². The van der Waals surface area contributed by atoms with Crippen LogP contribution >= 0.6 is 0 Å². The molecule has 1 atom stereocenters. The van der Waals surface area contributed by atoms with E-state index in [0.29, 0.717) is 65.6 Å². The predicted molar refractivity (Wildman–Crippen MR) is 152 cm³/mol. The molecule has 1 aliphatic rings. The third-order valence-electron chi connectivity index (χ3n) is 6.61. The van der Waals surface area contributed by atoms with Crippen LogP contribution in [-0.4, -0.2) is 76.7 Å². The summed E-state index contributed by atoms with van der Waals surface area (Å²) in [4.78, 5) is 33.3. The van der Waals surface area contributed by atoms with E-state index in [4.69, 9.17) is 14.3 Å². The number of hydroxylamine groups is 1. The second-order valence-corrected chi connectivity index (χ2v) is 10.8.